The fourth-order valence-electron chi connectivity index (χ4n) is 4.17. The Morgan fingerprint density at radius 3 is 2.00 bits per heavy atom. The van der Waals surface area contributed by atoms with Crippen LogP contribution in [-0.2, 0) is 15.7 Å². The van der Waals surface area contributed by atoms with Crippen LogP contribution in [0.1, 0.15) is 37.7 Å². The Morgan fingerprint density at radius 2 is 1.52 bits per heavy atom. The van der Waals surface area contributed by atoms with Crippen molar-refractivity contribution >= 4 is 36.3 Å². The molecule has 2 aromatic carbocycles. The predicted octanol–water partition coefficient (Wildman–Crippen LogP) is 4.89. The van der Waals surface area contributed by atoms with E-state index in [1.54, 1.807) is 6.07 Å². The summed E-state index contributed by atoms with van der Waals surface area (Å²) in [4.78, 5) is 12.1. The molecule has 0 atom stereocenters. The van der Waals surface area contributed by atoms with Crippen molar-refractivity contribution in [3.8, 4) is 0 Å². The third-order valence-electron chi connectivity index (χ3n) is 5.57. The molecule has 3 rings (SSSR count). The van der Waals surface area contributed by atoms with Gasteiger partial charge in [0.05, 0.1) is 12.1 Å². The molecule has 3 aromatic rings. The Bertz CT molecular complexity index is 957. The van der Waals surface area contributed by atoms with Crippen LogP contribution >= 0.6 is 11.6 Å². The number of hydrogen-bond donors (Lipinski definition) is 0. The van der Waals surface area contributed by atoms with E-state index in [4.69, 9.17) is 20.8 Å². The zero-order valence-electron chi connectivity index (χ0n) is 18.6. The normalized spacial score (nSPS) is 12.0. The second kappa shape index (κ2) is 9.85. The van der Waals surface area contributed by atoms with Crippen LogP contribution in [0.25, 0.3) is 0 Å². The molecular formula is C25H30ClNO3Si. The van der Waals surface area contributed by atoms with Gasteiger partial charge in [-0.1, -0.05) is 93.0 Å². The zero-order valence-corrected chi connectivity index (χ0v) is 20.4. The molecule has 0 radical (unpaired) electrons. The second-order valence-corrected chi connectivity index (χ2v) is 13.3. The average molecular weight is 456 g/mol. The van der Waals surface area contributed by atoms with Gasteiger partial charge in [0.1, 0.15) is 5.69 Å². The van der Waals surface area contributed by atoms with E-state index in [0.717, 1.165) is 6.42 Å². The molecular weight excluding hydrogens is 426 g/mol. The van der Waals surface area contributed by atoms with E-state index < -0.39 is 14.3 Å². The van der Waals surface area contributed by atoms with Crippen molar-refractivity contribution in [2.45, 2.75) is 38.8 Å². The number of aryl methyl sites for hydroxylation is 1. The highest BCUT2D eigenvalue weighted by Crippen LogP contribution is 2.36. The SMILES string of the molecule is COC(=O)c1c(Cl)ccn1CCCO[Si](c1ccccc1)(c1ccccc1)C(C)(C)C. The minimum Gasteiger partial charge on any atom is -0.464 e. The summed E-state index contributed by atoms with van der Waals surface area (Å²) in [6, 6.07) is 22.9. The Balaban J connectivity index is 1.87. The fourth-order valence-corrected chi connectivity index (χ4v) is 9.01. The highest BCUT2D eigenvalue weighted by atomic mass is 35.5. The number of hydrogen-bond acceptors (Lipinski definition) is 3. The fraction of sp³-hybridized carbons (Fsp3) is 0.320. The van der Waals surface area contributed by atoms with Gasteiger partial charge < -0.3 is 13.7 Å². The van der Waals surface area contributed by atoms with Crippen LogP contribution in [0.3, 0.4) is 0 Å². The first-order chi connectivity index (χ1) is 14.8. The average Bonchev–Trinajstić information content (AvgIpc) is 3.14. The van der Waals surface area contributed by atoms with Crippen LogP contribution in [0.2, 0.25) is 10.1 Å². The van der Waals surface area contributed by atoms with Crippen LogP contribution < -0.4 is 10.4 Å². The Morgan fingerprint density at radius 1 is 0.968 bits per heavy atom. The molecule has 0 spiro atoms. The number of benzene rings is 2. The highest BCUT2D eigenvalue weighted by Gasteiger charge is 2.49. The second-order valence-electron chi connectivity index (χ2n) is 8.56. The minimum absolute atomic E-state index is 0.0658. The lowest BCUT2D eigenvalue weighted by Crippen LogP contribution is -2.66. The number of methoxy groups -OCH3 is 1. The van der Waals surface area contributed by atoms with Gasteiger partial charge in [0.25, 0.3) is 8.32 Å². The van der Waals surface area contributed by atoms with Gasteiger partial charge in [-0.3, -0.25) is 0 Å². The molecule has 0 aliphatic heterocycles. The maximum absolute atomic E-state index is 12.1. The molecule has 164 valence electrons. The number of carbonyl (C=O) groups excluding carboxylic acids is 1. The molecule has 4 nitrogen and oxygen atoms in total. The van der Waals surface area contributed by atoms with Gasteiger partial charge in [-0.05, 0) is 27.9 Å². The summed E-state index contributed by atoms with van der Waals surface area (Å²) in [6.07, 6.45) is 2.57. The molecule has 31 heavy (non-hydrogen) atoms. The van der Waals surface area contributed by atoms with E-state index in [-0.39, 0.29) is 5.04 Å². The molecule has 0 unspecified atom stereocenters. The van der Waals surface area contributed by atoms with E-state index >= 15 is 0 Å². The lowest BCUT2D eigenvalue weighted by molar-refractivity contribution is 0.0588. The third kappa shape index (κ3) is 4.79. The first kappa shape index (κ1) is 23.3. The van der Waals surface area contributed by atoms with Crippen molar-refractivity contribution < 1.29 is 14.0 Å². The number of carbonyl (C=O) groups is 1. The van der Waals surface area contributed by atoms with Crippen molar-refractivity contribution in [1.82, 2.24) is 4.57 Å². The molecule has 0 amide bonds. The number of ether oxygens (including phenoxy) is 1. The third-order valence-corrected chi connectivity index (χ3v) is 10.9. The summed E-state index contributed by atoms with van der Waals surface area (Å²) in [7, 11) is -1.19. The molecule has 0 bridgehead atoms. The molecule has 0 aliphatic carbocycles. The van der Waals surface area contributed by atoms with E-state index in [1.165, 1.54) is 17.5 Å². The molecule has 0 saturated carbocycles. The van der Waals surface area contributed by atoms with Crippen LogP contribution in [0.4, 0.5) is 0 Å². The summed E-state index contributed by atoms with van der Waals surface area (Å²) < 4.78 is 13.6. The van der Waals surface area contributed by atoms with Crippen LogP contribution in [0, 0.1) is 0 Å². The first-order valence-corrected chi connectivity index (χ1v) is 12.8. The summed E-state index contributed by atoms with van der Waals surface area (Å²) in [5.74, 6) is -0.428. The number of nitrogens with zero attached hydrogens (tertiary/aromatic N) is 1. The molecule has 1 aromatic heterocycles. The summed E-state index contributed by atoms with van der Waals surface area (Å²) in [5, 5.41) is 2.85. The summed E-state index contributed by atoms with van der Waals surface area (Å²) in [5.41, 5.74) is 0.384. The van der Waals surface area contributed by atoms with Crippen molar-refractivity contribution in [3.63, 3.8) is 0 Å². The standard InChI is InChI=1S/C25H30ClNO3Si/c1-25(2,3)31(20-12-7-5-8-13-20,21-14-9-6-10-15-21)30-19-11-17-27-18-16-22(26)23(27)24(28)29-4/h5-10,12-16,18H,11,17,19H2,1-4H3. The molecule has 6 heteroatoms. The maximum Gasteiger partial charge on any atom is 0.356 e. The van der Waals surface area contributed by atoms with Crippen molar-refractivity contribution in [2.75, 3.05) is 13.7 Å². The Kier molecular flexibility index (Phi) is 7.41. The van der Waals surface area contributed by atoms with Gasteiger partial charge in [-0.2, -0.15) is 0 Å². The molecule has 0 aliphatic rings. The summed E-state index contributed by atoms with van der Waals surface area (Å²) >= 11 is 6.18. The Labute approximate surface area is 190 Å². The van der Waals surface area contributed by atoms with Gasteiger partial charge in [-0.15, -0.1) is 0 Å². The highest BCUT2D eigenvalue weighted by molar-refractivity contribution is 6.99. The van der Waals surface area contributed by atoms with E-state index in [0.29, 0.717) is 23.9 Å². The van der Waals surface area contributed by atoms with Crippen molar-refractivity contribution in [2.24, 2.45) is 0 Å². The van der Waals surface area contributed by atoms with E-state index in [9.17, 15) is 4.79 Å². The van der Waals surface area contributed by atoms with E-state index in [1.807, 2.05) is 22.9 Å². The van der Waals surface area contributed by atoms with Gasteiger partial charge in [0.2, 0.25) is 0 Å². The van der Waals surface area contributed by atoms with Gasteiger partial charge in [-0.25, -0.2) is 4.79 Å². The van der Waals surface area contributed by atoms with Crippen molar-refractivity contribution in [1.29, 1.82) is 0 Å². The van der Waals surface area contributed by atoms with Crippen molar-refractivity contribution in [3.05, 3.63) is 83.6 Å². The lowest BCUT2D eigenvalue weighted by Gasteiger charge is -2.43. The van der Waals surface area contributed by atoms with Gasteiger partial charge in [0, 0.05) is 19.3 Å². The molecule has 0 fully saturated rings. The minimum atomic E-state index is -2.55. The van der Waals surface area contributed by atoms with Crippen LogP contribution in [0.5, 0.6) is 0 Å². The lowest BCUT2D eigenvalue weighted by atomic mass is 10.2. The molecule has 1 heterocycles. The zero-order chi connectivity index (χ0) is 22.5. The number of esters is 1. The summed E-state index contributed by atoms with van der Waals surface area (Å²) in [6.45, 7) is 7.99. The Hall–Kier alpha value is -2.34. The molecule has 0 N–H and O–H groups in total. The number of aromatic nitrogens is 1. The number of halogens is 1. The monoisotopic (exact) mass is 455 g/mol. The quantitative estimate of drug-likeness (QED) is 0.275. The van der Waals surface area contributed by atoms with Gasteiger partial charge >= 0.3 is 5.97 Å². The first-order valence-electron chi connectivity index (χ1n) is 10.5. The topological polar surface area (TPSA) is 40.5 Å². The predicted molar refractivity (Wildman–Crippen MR) is 129 cm³/mol. The number of rotatable bonds is 8. The van der Waals surface area contributed by atoms with Crippen LogP contribution in [0.15, 0.2) is 72.9 Å². The van der Waals surface area contributed by atoms with E-state index in [2.05, 4.69) is 69.3 Å². The van der Waals surface area contributed by atoms with Gasteiger partial charge in [0.15, 0.2) is 0 Å². The maximum atomic E-state index is 12.1. The largest absolute Gasteiger partial charge is 0.464 e. The molecule has 0 saturated heterocycles. The smallest absolute Gasteiger partial charge is 0.356 e. The van der Waals surface area contributed by atoms with Crippen LogP contribution in [-0.4, -0.2) is 32.6 Å².